The highest BCUT2D eigenvalue weighted by Gasteiger charge is 2.16. The Kier molecular flexibility index (Phi) is 4.57. The molecule has 116 valence electrons. The van der Waals surface area contributed by atoms with Crippen molar-refractivity contribution in [2.45, 2.75) is 4.90 Å². The first-order valence-corrected chi connectivity index (χ1v) is 8.13. The zero-order valence-corrected chi connectivity index (χ0v) is 13.1. The SMILES string of the molecule is COC(=O)c1nnc(Cl)cc1Nc1ccc(S(C)(=O)=O)cn1. The van der Waals surface area contributed by atoms with Crippen LogP contribution in [-0.2, 0) is 14.6 Å². The van der Waals surface area contributed by atoms with Gasteiger partial charge in [-0.1, -0.05) is 11.6 Å². The first-order valence-electron chi connectivity index (χ1n) is 5.86. The quantitative estimate of drug-likeness (QED) is 0.831. The second-order valence-electron chi connectivity index (χ2n) is 4.20. The van der Waals surface area contributed by atoms with Crippen molar-refractivity contribution in [1.82, 2.24) is 15.2 Å². The van der Waals surface area contributed by atoms with Gasteiger partial charge in [-0.15, -0.1) is 10.2 Å². The van der Waals surface area contributed by atoms with E-state index in [0.29, 0.717) is 5.82 Å². The Bertz CT molecular complexity index is 808. The topological polar surface area (TPSA) is 111 Å². The van der Waals surface area contributed by atoms with Gasteiger partial charge in [-0.25, -0.2) is 18.2 Å². The van der Waals surface area contributed by atoms with Crippen LogP contribution >= 0.6 is 11.6 Å². The molecule has 1 N–H and O–H groups in total. The lowest BCUT2D eigenvalue weighted by molar-refractivity contribution is 0.0594. The Morgan fingerprint density at radius 3 is 2.59 bits per heavy atom. The van der Waals surface area contributed by atoms with Crippen LogP contribution in [-0.4, -0.2) is 42.9 Å². The average molecular weight is 343 g/mol. The maximum Gasteiger partial charge on any atom is 0.360 e. The number of esters is 1. The summed E-state index contributed by atoms with van der Waals surface area (Å²) in [6.45, 7) is 0. The molecular formula is C12H11ClN4O4S. The maximum atomic E-state index is 11.6. The van der Waals surface area contributed by atoms with Crippen LogP contribution in [0.25, 0.3) is 0 Å². The number of aromatic nitrogens is 3. The van der Waals surface area contributed by atoms with Crippen LogP contribution in [0, 0.1) is 0 Å². The smallest absolute Gasteiger partial charge is 0.360 e. The predicted octanol–water partition coefficient (Wildman–Crippen LogP) is 1.46. The van der Waals surface area contributed by atoms with E-state index in [9.17, 15) is 13.2 Å². The highest BCUT2D eigenvalue weighted by atomic mass is 35.5. The van der Waals surface area contributed by atoms with Crippen LogP contribution in [0.3, 0.4) is 0 Å². The fourth-order valence-electron chi connectivity index (χ4n) is 1.52. The van der Waals surface area contributed by atoms with E-state index in [1.807, 2.05) is 0 Å². The van der Waals surface area contributed by atoms with Crippen LogP contribution in [0.1, 0.15) is 10.5 Å². The maximum absolute atomic E-state index is 11.6. The number of nitrogens with one attached hydrogen (secondary N) is 1. The molecule has 0 saturated carbocycles. The number of sulfone groups is 1. The summed E-state index contributed by atoms with van der Waals surface area (Å²) < 4.78 is 27.3. The molecule has 2 aromatic rings. The summed E-state index contributed by atoms with van der Waals surface area (Å²) in [5, 5.41) is 10.1. The van der Waals surface area contributed by atoms with Gasteiger partial charge in [-0.3, -0.25) is 0 Å². The molecule has 0 spiro atoms. The van der Waals surface area contributed by atoms with Crippen LogP contribution in [0.15, 0.2) is 29.3 Å². The van der Waals surface area contributed by atoms with E-state index in [1.54, 1.807) is 0 Å². The average Bonchev–Trinajstić information content (AvgIpc) is 2.46. The Morgan fingerprint density at radius 2 is 2.05 bits per heavy atom. The largest absolute Gasteiger partial charge is 0.464 e. The fraction of sp³-hybridized carbons (Fsp3) is 0.167. The summed E-state index contributed by atoms with van der Waals surface area (Å²) >= 11 is 5.75. The van der Waals surface area contributed by atoms with Gasteiger partial charge in [-0.05, 0) is 12.1 Å². The molecule has 0 unspecified atom stereocenters. The number of carbonyl (C=O) groups excluding carboxylic acids is 1. The first-order chi connectivity index (χ1) is 10.3. The Balaban J connectivity index is 2.34. The van der Waals surface area contributed by atoms with E-state index in [-0.39, 0.29) is 21.4 Å². The molecule has 10 heteroatoms. The molecule has 0 bridgehead atoms. The number of anilines is 2. The number of pyridine rings is 1. The lowest BCUT2D eigenvalue weighted by atomic mass is 10.3. The van der Waals surface area contributed by atoms with Gasteiger partial charge in [0.25, 0.3) is 0 Å². The third-order valence-electron chi connectivity index (χ3n) is 2.57. The fourth-order valence-corrected chi connectivity index (χ4v) is 2.23. The highest BCUT2D eigenvalue weighted by Crippen LogP contribution is 2.21. The number of carbonyl (C=O) groups is 1. The minimum absolute atomic E-state index is 0.0686. The van der Waals surface area contributed by atoms with Crippen LogP contribution < -0.4 is 5.32 Å². The highest BCUT2D eigenvalue weighted by molar-refractivity contribution is 7.90. The van der Waals surface area contributed by atoms with Crippen molar-refractivity contribution in [3.63, 3.8) is 0 Å². The molecule has 2 rings (SSSR count). The molecule has 0 radical (unpaired) electrons. The molecule has 0 aromatic carbocycles. The summed E-state index contributed by atoms with van der Waals surface area (Å²) in [6, 6.07) is 4.22. The van der Waals surface area contributed by atoms with Gasteiger partial charge < -0.3 is 10.1 Å². The molecule has 0 atom stereocenters. The van der Waals surface area contributed by atoms with Crippen molar-refractivity contribution >= 4 is 38.9 Å². The normalized spacial score (nSPS) is 11.0. The lowest BCUT2D eigenvalue weighted by Gasteiger charge is -2.09. The number of hydrogen-bond acceptors (Lipinski definition) is 8. The molecule has 2 heterocycles. The molecule has 2 aromatic heterocycles. The van der Waals surface area contributed by atoms with Crippen molar-refractivity contribution in [1.29, 1.82) is 0 Å². The third-order valence-corrected chi connectivity index (χ3v) is 3.85. The summed E-state index contributed by atoms with van der Waals surface area (Å²) in [7, 11) is -2.12. The number of nitrogens with zero attached hydrogens (tertiary/aromatic N) is 3. The van der Waals surface area contributed by atoms with E-state index in [2.05, 4.69) is 25.2 Å². The number of hydrogen-bond donors (Lipinski definition) is 1. The standard InChI is InChI=1S/C12H11ClN4O4S/c1-21-12(18)11-8(5-9(13)16-17-11)15-10-4-3-7(6-14-10)22(2,19)20/h3-6H,1-2H3,(H,14,15,16). The van der Waals surface area contributed by atoms with Gasteiger partial charge >= 0.3 is 5.97 Å². The summed E-state index contributed by atoms with van der Waals surface area (Å²) in [5.41, 5.74) is 0.173. The molecular weight excluding hydrogens is 332 g/mol. The number of methoxy groups -OCH3 is 1. The van der Waals surface area contributed by atoms with Gasteiger partial charge in [0.2, 0.25) is 0 Å². The van der Waals surface area contributed by atoms with Gasteiger partial charge in [-0.2, -0.15) is 0 Å². The van der Waals surface area contributed by atoms with E-state index in [0.717, 1.165) is 6.26 Å². The Labute approximate surface area is 131 Å². The molecule has 0 saturated heterocycles. The molecule has 0 aliphatic carbocycles. The second kappa shape index (κ2) is 6.24. The Hall–Kier alpha value is -2.26. The zero-order chi connectivity index (χ0) is 16.3. The van der Waals surface area contributed by atoms with E-state index < -0.39 is 15.8 Å². The zero-order valence-electron chi connectivity index (χ0n) is 11.6. The van der Waals surface area contributed by atoms with E-state index in [1.165, 1.54) is 31.5 Å². The first kappa shape index (κ1) is 16.1. The third kappa shape index (κ3) is 3.68. The molecule has 0 amide bonds. The van der Waals surface area contributed by atoms with Crippen molar-refractivity contribution in [3.8, 4) is 0 Å². The molecule has 0 aliphatic heterocycles. The predicted molar refractivity (Wildman–Crippen MR) is 79.0 cm³/mol. The molecule has 0 aliphatic rings. The van der Waals surface area contributed by atoms with Gasteiger partial charge in [0, 0.05) is 18.5 Å². The lowest BCUT2D eigenvalue weighted by Crippen LogP contribution is -2.10. The monoisotopic (exact) mass is 342 g/mol. The summed E-state index contributed by atoms with van der Waals surface area (Å²) in [4.78, 5) is 15.7. The molecule has 0 fully saturated rings. The van der Waals surface area contributed by atoms with Crippen LogP contribution in [0.4, 0.5) is 11.5 Å². The van der Waals surface area contributed by atoms with Crippen molar-refractivity contribution < 1.29 is 17.9 Å². The van der Waals surface area contributed by atoms with E-state index in [4.69, 9.17) is 11.6 Å². The number of ether oxygens (including phenoxy) is 1. The number of halogens is 1. The van der Waals surface area contributed by atoms with Gasteiger partial charge in [0.1, 0.15) is 5.82 Å². The van der Waals surface area contributed by atoms with Crippen LogP contribution in [0.2, 0.25) is 5.15 Å². The summed E-state index contributed by atoms with van der Waals surface area (Å²) in [5.74, 6) is -0.388. The summed E-state index contributed by atoms with van der Waals surface area (Å²) in [6.07, 6.45) is 2.28. The van der Waals surface area contributed by atoms with Crippen LogP contribution in [0.5, 0.6) is 0 Å². The van der Waals surface area contributed by atoms with Crippen molar-refractivity contribution in [3.05, 3.63) is 35.2 Å². The van der Waals surface area contributed by atoms with Gasteiger partial charge in [0.05, 0.1) is 17.7 Å². The Morgan fingerprint density at radius 1 is 1.32 bits per heavy atom. The van der Waals surface area contributed by atoms with Crippen molar-refractivity contribution in [2.24, 2.45) is 0 Å². The van der Waals surface area contributed by atoms with Gasteiger partial charge in [0.15, 0.2) is 20.7 Å². The van der Waals surface area contributed by atoms with Crippen molar-refractivity contribution in [2.75, 3.05) is 18.7 Å². The molecule has 8 nitrogen and oxygen atoms in total. The van der Waals surface area contributed by atoms with E-state index >= 15 is 0 Å². The minimum Gasteiger partial charge on any atom is -0.464 e. The number of rotatable bonds is 4. The minimum atomic E-state index is -3.33. The molecule has 22 heavy (non-hydrogen) atoms. The second-order valence-corrected chi connectivity index (χ2v) is 6.60.